The number of nitrogens with zero attached hydrogens (tertiary/aromatic N) is 1. The third-order valence-electron chi connectivity index (χ3n) is 5.91. The third-order valence-corrected chi connectivity index (χ3v) is 5.91. The standard InChI is InChI=1S/C26H30N2O7/c1-2-33-23-15-20(7-9-22(23)34-17-25(30)28-10-12-32-13-11-28)26(31)35-16-24(29)27-21-8-6-18-4-3-5-19(18)14-21/h6-9,14-15H,2-5,10-13,16-17H2,1H3,(H,27,29). The van der Waals surface area contributed by atoms with Gasteiger partial charge in [-0.2, -0.15) is 0 Å². The molecule has 2 aliphatic rings. The first-order valence-electron chi connectivity index (χ1n) is 11.9. The van der Waals surface area contributed by atoms with Gasteiger partial charge in [-0.25, -0.2) is 4.79 Å². The highest BCUT2D eigenvalue weighted by atomic mass is 16.5. The lowest BCUT2D eigenvalue weighted by molar-refractivity contribution is -0.137. The Kier molecular flexibility index (Phi) is 8.20. The van der Waals surface area contributed by atoms with Crippen LogP contribution < -0.4 is 14.8 Å². The fraction of sp³-hybridized carbons (Fsp3) is 0.423. The molecule has 0 radical (unpaired) electrons. The van der Waals surface area contributed by atoms with E-state index in [1.807, 2.05) is 18.2 Å². The fourth-order valence-electron chi connectivity index (χ4n) is 4.13. The molecule has 1 saturated heterocycles. The van der Waals surface area contributed by atoms with Gasteiger partial charge in [0.1, 0.15) is 0 Å². The van der Waals surface area contributed by atoms with Crippen LogP contribution in [0.25, 0.3) is 0 Å². The number of morpholine rings is 1. The summed E-state index contributed by atoms with van der Waals surface area (Å²) in [6, 6.07) is 10.4. The zero-order valence-electron chi connectivity index (χ0n) is 19.8. The summed E-state index contributed by atoms with van der Waals surface area (Å²) in [4.78, 5) is 38.8. The van der Waals surface area contributed by atoms with E-state index in [4.69, 9.17) is 18.9 Å². The van der Waals surface area contributed by atoms with Gasteiger partial charge in [-0.05, 0) is 67.6 Å². The first-order valence-corrected chi connectivity index (χ1v) is 11.9. The van der Waals surface area contributed by atoms with Crippen LogP contribution in [0.15, 0.2) is 36.4 Å². The van der Waals surface area contributed by atoms with Crippen LogP contribution in [-0.4, -0.2) is 68.8 Å². The second-order valence-corrected chi connectivity index (χ2v) is 8.34. The normalized spacial score (nSPS) is 14.7. The maximum absolute atomic E-state index is 12.5. The molecule has 9 nitrogen and oxygen atoms in total. The molecule has 2 aromatic carbocycles. The highest BCUT2D eigenvalue weighted by molar-refractivity contribution is 5.96. The van der Waals surface area contributed by atoms with Crippen LogP contribution in [0.4, 0.5) is 5.69 Å². The van der Waals surface area contributed by atoms with Gasteiger partial charge in [-0.3, -0.25) is 9.59 Å². The predicted octanol–water partition coefficient (Wildman–Crippen LogP) is 2.61. The molecular formula is C26H30N2O7. The lowest BCUT2D eigenvalue weighted by atomic mass is 10.1. The molecule has 2 amide bonds. The number of benzene rings is 2. The van der Waals surface area contributed by atoms with Crippen molar-refractivity contribution in [2.24, 2.45) is 0 Å². The molecule has 1 heterocycles. The Bertz CT molecular complexity index is 1080. The summed E-state index contributed by atoms with van der Waals surface area (Å²) < 4.78 is 21.7. The van der Waals surface area contributed by atoms with Crippen LogP contribution in [0.1, 0.15) is 34.8 Å². The van der Waals surface area contributed by atoms with Crippen molar-refractivity contribution in [3.8, 4) is 11.5 Å². The van der Waals surface area contributed by atoms with E-state index in [0.717, 1.165) is 19.3 Å². The smallest absolute Gasteiger partial charge is 0.338 e. The third kappa shape index (κ3) is 6.51. The second-order valence-electron chi connectivity index (χ2n) is 8.34. The minimum atomic E-state index is -0.661. The quantitative estimate of drug-likeness (QED) is 0.548. The number of esters is 1. The number of ether oxygens (including phenoxy) is 4. The van der Waals surface area contributed by atoms with Crippen molar-refractivity contribution >= 4 is 23.5 Å². The highest BCUT2D eigenvalue weighted by Crippen LogP contribution is 2.29. The molecule has 2 aromatic rings. The largest absolute Gasteiger partial charge is 0.490 e. The maximum atomic E-state index is 12.5. The van der Waals surface area contributed by atoms with Crippen molar-refractivity contribution in [2.75, 3.05) is 51.4 Å². The van der Waals surface area contributed by atoms with Gasteiger partial charge in [-0.1, -0.05) is 6.07 Å². The molecule has 4 rings (SSSR count). The molecule has 1 N–H and O–H groups in total. The molecular weight excluding hydrogens is 452 g/mol. The molecule has 0 spiro atoms. The minimum absolute atomic E-state index is 0.145. The molecule has 1 fully saturated rings. The first-order chi connectivity index (χ1) is 17.0. The second kappa shape index (κ2) is 11.7. The van der Waals surface area contributed by atoms with Gasteiger partial charge in [0.05, 0.1) is 25.4 Å². The van der Waals surface area contributed by atoms with Crippen LogP contribution in [0.5, 0.6) is 11.5 Å². The Balaban J connectivity index is 1.30. The summed E-state index contributed by atoms with van der Waals surface area (Å²) in [5.74, 6) is -0.554. The van der Waals surface area contributed by atoms with Gasteiger partial charge in [0.2, 0.25) is 0 Å². The maximum Gasteiger partial charge on any atom is 0.338 e. The minimum Gasteiger partial charge on any atom is -0.490 e. The van der Waals surface area contributed by atoms with Crippen molar-refractivity contribution in [1.82, 2.24) is 4.90 Å². The first kappa shape index (κ1) is 24.5. The molecule has 1 aliphatic carbocycles. The topological polar surface area (TPSA) is 103 Å². The molecule has 186 valence electrons. The molecule has 0 unspecified atom stereocenters. The Morgan fingerprint density at radius 1 is 0.943 bits per heavy atom. The molecule has 9 heteroatoms. The number of carbonyl (C=O) groups is 3. The lowest BCUT2D eigenvalue weighted by Crippen LogP contribution is -2.43. The zero-order valence-corrected chi connectivity index (χ0v) is 19.8. The van der Waals surface area contributed by atoms with Crippen molar-refractivity contribution < 1.29 is 33.3 Å². The predicted molar refractivity (Wildman–Crippen MR) is 128 cm³/mol. The van der Waals surface area contributed by atoms with E-state index in [1.54, 1.807) is 17.9 Å². The number of nitrogens with one attached hydrogen (secondary N) is 1. The van der Waals surface area contributed by atoms with Gasteiger partial charge in [-0.15, -0.1) is 0 Å². The Morgan fingerprint density at radius 3 is 2.54 bits per heavy atom. The van der Waals surface area contributed by atoms with Gasteiger partial charge in [0.15, 0.2) is 24.7 Å². The van der Waals surface area contributed by atoms with Crippen LogP contribution in [0, 0.1) is 0 Å². The van der Waals surface area contributed by atoms with E-state index < -0.39 is 18.5 Å². The summed E-state index contributed by atoms with van der Waals surface area (Å²) in [6.07, 6.45) is 3.21. The number of rotatable bonds is 9. The van der Waals surface area contributed by atoms with Gasteiger partial charge in [0, 0.05) is 18.8 Å². The molecule has 35 heavy (non-hydrogen) atoms. The van der Waals surface area contributed by atoms with E-state index >= 15 is 0 Å². The molecule has 0 aromatic heterocycles. The summed E-state index contributed by atoms with van der Waals surface area (Å²) in [5.41, 5.74) is 3.47. The number of aryl methyl sites for hydroxylation is 2. The van der Waals surface area contributed by atoms with E-state index in [9.17, 15) is 14.4 Å². The SMILES string of the molecule is CCOc1cc(C(=O)OCC(=O)Nc2ccc3c(c2)CCC3)ccc1OCC(=O)N1CCOCC1. The van der Waals surface area contributed by atoms with Crippen molar-refractivity contribution in [3.63, 3.8) is 0 Å². The average Bonchev–Trinajstić information content (AvgIpc) is 3.35. The van der Waals surface area contributed by atoms with Crippen LogP contribution in [0.3, 0.4) is 0 Å². The summed E-state index contributed by atoms with van der Waals surface area (Å²) in [5, 5.41) is 2.77. The van der Waals surface area contributed by atoms with Gasteiger partial charge >= 0.3 is 5.97 Å². The Hall–Kier alpha value is -3.59. The lowest BCUT2D eigenvalue weighted by Gasteiger charge is -2.26. The number of fused-ring (bicyclic) bond motifs is 1. The molecule has 1 aliphatic heterocycles. The molecule has 0 atom stereocenters. The summed E-state index contributed by atoms with van der Waals surface area (Å²) in [7, 11) is 0. The Labute approximate surface area is 204 Å². The van der Waals surface area contributed by atoms with Gasteiger partial charge in [0.25, 0.3) is 11.8 Å². The summed E-state index contributed by atoms with van der Waals surface area (Å²) >= 11 is 0. The zero-order chi connectivity index (χ0) is 24.6. The number of hydrogen-bond acceptors (Lipinski definition) is 7. The fourth-order valence-corrected chi connectivity index (χ4v) is 4.13. The van der Waals surface area contributed by atoms with Crippen LogP contribution >= 0.6 is 0 Å². The summed E-state index contributed by atoms with van der Waals surface area (Å²) in [6.45, 7) is 3.68. The van der Waals surface area contributed by atoms with E-state index in [2.05, 4.69) is 5.32 Å². The number of amides is 2. The van der Waals surface area contributed by atoms with Crippen LogP contribution in [0.2, 0.25) is 0 Å². The number of anilines is 1. The molecule has 0 saturated carbocycles. The van der Waals surface area contributed by atoms with Crippen molar-refractivity contribution in [3.05, 3.63) is 53.1 Å². The Morgan fingerprint density at radius 2 is 1.74 bits per heavy atom. The van der Waals surface area contributed by atoms with Crippen molar-refractivity contribution in [1.29, 1.82) is 0 Å². The van der Waals surface area contributed by atoms with Gasteiger partial charge < -0.3 is 29.2 Å². The highest BCUT2D eigenvalue weighted by Gasteiger charge is 2.19. The monoisotopic (exact) mass is 482 g/mol. The van der Waals surface area contributed by atoms with Crippen molar-refractivity contribution in [2.45, 2.75) is 26.2 Å². The number of carbonyl (C=O) groups excluding carboxylic acids is 3. The van der Waals surface area contributed by atoms with Crippen LogP contribution in [-0.2, 0) is 31.9 Å². The number of hydrogen-bond donors (Lipinski definition) is 1. The molecule has 0 bridgehead atoms. The van der Waals surface area contributed by atoms with E-state index in [0.29, 0.717) is 50.1 Å². The van der Waals surface area contributed by atoms with E-state index in [-0.39, 0.29) is 18.1 Å². The van der Waals surface area contributed by atoms with E-state index in [1.165, 1.54) is 23.3 Å². The average molecular weight is 483 g/mol.